The molecule has 0 saturated carbocycles. The molecule has 0 fully saturated rings. The van der Waals surface area contributed by atoms with E-state index in [0.29, 0.717) is 13.0 Å². The minimum absolute atomic E-state index is 0.196. The van der Waals surface area contributed by atoms with Gasteiger partial charge in [-0.05, 0) is 66.8 Å². The quantitative estimate of drug-likeness (QED) is 0.496. The Hall–Kier alpha value is -3.15. The Labute approximate surface area is 201 Å². The molecule has 0 aromatic heterocycles. The summed E-state index contributed by atoms with van der Waals surface area (Å²) in [6, 6.07) is 23.4. The highest BCUT2D eigenvalue weighted by Crippen LogP contribution is 2.36. The molecule has 0 saturated heterocycles. The number of rotatable bonds is 9. The van der Waals surface area contributed by atoms with E-state index in [1.807, 2.05) is 24.3 Å². The summed E-state index contributed by atoms with van der Waals surface area (Å²) in [5, 5.41) is 9.17. The first kappa shape index (κ1) is 24.0. The molecule has 0 aliphatic heterocycles. The fourth-order valence-electron chi connectivity index (χ4n) is 4.78. The number of benzene rings is 3. The summed E-state index contributed by atoms with van der Waals surface area (Å²) in [6.07, 6.45) is 1.61. The lowest BCUT2D eigenvalue weighted by atomic mass is 9.92. The van der Waals surface area contributed by atoms with Gasteiger partial charge in [-0.25, -0.2) is 4.79 Å². The second-order valence-corrected chi connectivity index (χ2v) is 9.04. The fourth-order valence-corrected chi connectivity index (χ4v) is 4.78. The molecule has 0 heterocycles. The molecule has 2 unspecified atom stereocenters. The molecule has 3 aromatic rings. The van der Waals surface area contributed by atoms with Crippen LogP contribution in [0.1, 0.15) is 39.4 Å². The van der Waals surface area contributed by atoms with Crippen LogP contribution >= 0.6 is 0 Å². The van der Waals surface area contributed by atoms with Crippen molar-refractivity contribution in [3.63, 3.8) is 0 Å². The summed E-state index contributed by atoms with van der Waals surface area (Å²) in [4.78, 5) is 13.6. The third kappa shape index (κ3) is 5.49. The average Bonchev–Trinajstić information content (AvgIpc) is 2.99. The molecule has 2 atom stereocenters. The molecule has 34 heavy (non-hydrogen) atoms. The van der Waals surface area contributed by atoms with Crippen molar-refractivity contribution in [2.45, 2.75) is 38.3 Å². The van der Waals surface area contributed by atoms with E-state index in [4.69, 9.17) is 14.6 Å². The highest BCUT2D eigenvalue weighted by atomic mass is 16.5. The Bertz CT molecular complexity index is 1130. The van der Waals surface area contributed by atoms with Gasteiger partial charge in [0.15, 0.2) is 6.10 Å². The van der Waals surface area contributed by atoms with Crippen LogP contribution in [-0.4, -0.2) is 49.4 Å². The standard InChI is InChI=1S/C29H33NO4/c1-20-8-11-23-13-12-22-6-4-5-7-25(22)28(26(23)18-20)30(2)16-17-34-24-14-9-21(10-15-24)19-27(33-3)29(31)32/h4-11,14-15,18,27-28H,12-13,16-17,19H2,1-3H3,(H,31,32). The van der Waals surface area contributed by atoms with E-state index in [-0.39, 0.29) is 6.04 Å². The first-order valence-corrected chi connectivity index (χ1v) is 11.8. The molecule has 1 N–H and O–H groups in total. The van der Waals surface area contributed by atoms with Crippen LogP contribution in [0.4, 0.5) is 0 Å². The van der Waals surface area contributed by atoms with Crippen molar-refractivity contribution in [2.24, 2.45) is 0 Å². The first-order chi connectivity index (χ1) is 16.5. The van der Waals surface area contributed by atoms with Gasteiger partial charge in [0.05, 0.1) is 6.04 Å². The predicted molar refractivity (Wildman–Crippen MR) is 134 cm³/mol. The van der Waals surface area contributed by atoms with Crippen LogP contribution in [0.5, 0.6) is 5.75 Å². The molecule has 4 rings (SSSR count). The van der Waals surface area contributed by atoms with Gasteiger partial charge in [-0.2, -0.15) is 0 Å². The molecule has 5 heteroatoms. The van der Waals surface area contributed by atoms with Crippen LogP contribution in [0.25, 0.3) is 0 Å². The number of carbonyl (C=O) groups is 1. The lowest BCUT2D eigenvalue weighted by Gasteiger charge is -2.30. The molecule has 0 spiro atoms. The Kier molecular flexibility index (Phi) is 7.66. The maximum Gasteiger partial charge on any atom is 0.333 e. The number of ether oxygens (including phenoxy) is 2. The summed E-state index contributed by atoms with van der Waals surface area (Å²) in [6.45, 7) is 3.50. The second-order valence-electron chi connectivity index (χ2n) is 9.04. The SMILES string of the molecule is COC(Cc1ccc(OCCN(C)C2c3ccccc3CCc3ccc(C)cc32)cc1)C(=O)O. The number of aliphatic carboxylic acids is 1. The number of fused-ring (bicyclic) bond motifs is 2. The van der Waals surface area contributed by atoms with Crippen LogP contribution in [0.3, 0.4) is 0 Å². The van der Waals surface area contributed by atoms with Crippen LogP contribution < -0.4 is 4.74 Å². The zero-order chi connectivity index (χ0) is 24.1. The topological polar surface area (TPSA) is 59.0 Å². The smallest absolute Gasteiger partial charge is 0.333 e. The average molecular weight is 460 g/mol. The molecule has 1 aliphatic carbocycles. The first-order valence-electron chi connectivity index (χ1n) is 11.8. The van der Waals surface area contributed by atoms with Gasteiger partial charge in [0.2, 0.25) is 0 Å². The fraction of sp³-hybridized carbons (Fsp3) is 0.345. The minimum Gasteiger partial charge on any atom is -0.492 e. The molecule has 0 bridgehead atoms. The summed E-state index contributed by atoms with van der Waals surface area (Å²) >= 11 is 0. The summed E-state index contributed by atoms with van der Waals surface area (Å²) in [5.74, 6) is -0.179. The van der Waals surface area contributed by atoms with Gasteiger partial charge in [-0.3, -0.25) is 4.90 Å². The zero-order valence-electron chi connectivity index (χ0n) is 20.2. The maximum absolute atomic E-state index is 11.2. The van der Waals surface area contributed by atoms with Crippen molar-refractivity contribution in [2.75, 3.05) is 27.3 Å². The van der Waals surface area contributed by atoms with Crippen molar-refractivity contribution in [3.05, 3.63) is 100 Å². The van der Waals surface area contributed by atoms with Crippen LogP contribution in [0, 0.1) is 6.92 Å². The Morgan fingerprint density at radius 2 is 1.74 bits per heavy atom. The van der Waals surface area contributed by atoms with Crippen molar-refractivity contribution < 1.29 is 19.4 Å². The van der Waals surface area contributed by atoms with Crippen molar-refractivity contribution in [1.82, 2.24) is 4.90 Å². The highest BCUT2D eigenvalue weighted by Gasteiger charge is 2.26. The number of nitrogens with zero attached hydrogens (tertiary/aromatic N) is 1. The number of carboxylic acids is 1. The zero-order valence-corrected chi connectivity index (χ0v) is 20.2. The van der Waals surface area contributed by atoms with E-state index >= 15 is 0 Å². The van der Waals surface area contributed by atoms with E-state index in [0.717, 1.165) is 30.7 Å². The molecule has 1 aliphatic rings. The number of methoxy groups -OCH3 is 1. The third-order valence-electron chi connectivity index (χ3n) is 6.67. The summed E-state index contributed by atoms with van der Waals surface area (Å²) < 4.78 is 11.1. The van der Waals surface area contributed by atoms with Gasteiger partial charge >= 0.3 is 5.97 Å². The van der Waals surface area contributed by atoms with E-state index < -0.39 is 12.1 Å². The Morgan fingerprint density at radius 3 is 2.44 bits per heavy atom. The number of hydrogen-bond donors (Lipinski definition) is 1. The molecule has 5 nitrogen and oxygen atoms in total. The lowest BCUT2D eigenvalue weighted by Crippen LogP contribution is -2.30. The van der Waals surface area contributed by atoms with Crippen LogP contribution in [-0.2, 0) is 28.8 Å². The van der Waals surface area contributed by atoms with Gasteiger partial charge in [-0.15, -0.1) is 0 Å². The maximum atomic E-state index is 11.2. The van der Waals surface area contributed by atoms with Gasteiger partial charge < -0.3 is 14.6 Å². The number of carboxylic acid groups (broad SMARTS) is 1. The van der Waals surface area contributed by atoms with E-state index in [1.54, 1.807) is 0 Å². The van der Waals surface area contributed by atoms with Crippen molar-refractivity contribution >= 4 is 5.97 Å². The summed E-state index contributed by atoms with van der Waals surface area (Å²) in [5.41, 5.74) is 7.80. The molecule has 0 radical (unpaired) electrons. The Balaban J connectivity index is 1.44. The van der Waals surface area contributed by atoms with Gasteiger partial charge in [0.1, 0.15) is 12.4 Å². The monoisotopic (exact) mass is 459 g/mol. The van der Waals surface area contributed by atoms with Crippen molar-refractivity contribution in [1.29, 1.82) is 0 Å². The highest BCUT2D eigenvalue weighted by molar-refractivity contribution is 5.72. The van der Waals surface area contributed by atoms with Crippen LogP contribution in [0.2, 0.25) is 0 Å². The summed E-state index contributed by atoms with van der Waals surface area (Å²) in [7, 11) is 3.58. The van der Waals surface area contributed by atoms with E-state index in [1.165, 1.54) is 34.9 Å². The number of likely N-dealkylation sites (N-methyl/N-ethyl adjacent to an activating group) is 1. The number of aryl methyl sites for hydroxylation is 3. The second kappa shape index (κ2) is 10.9. The minimum atomic E-state index is -0.956. The van der Waals surface area contributed by atoms with E-state index in [2.05, 4.69) is 61.3 Å². The van der Waals surface area contributed by atoms with E-state index in [9.17, 15) is 4.79 Å². The predicted octanol–water partition coefficient (Wildman–Crippen LogP) is 4.84. The number of hydrogen-bond acceptors (Lipinski definition) is 4. The lowest BCUT2D eigenvalue weighted by molar-refractivity contribution is -0.148. The molecular formula is C29H33NO4. The molecule has 0 amide bonds. The largest absolute Gasteiger partial charge is 0.492 e. The Morgan fingerprint density at radius 1 is 1.03 bits per heavy atom. The van der Waals surface area contributed by atoms with Crippen LogP contribution in [0.15, 0.2) is 66.7 Å². The molecule has 3 aromatic carbocycles. The van der Waals surface area contributed by atoms with Gasteiger partial charge in [0.25, 0.3) is 0 Å². The normalized spacial score (nSPS) is 15.8. The van der Waals surface area contributed by atoms with Gasteiger partial charge in [0, 0.05) is 20.1 Å². The van der Waals surface area contributed by atoms with Gasteiger partial charge in [-0.1, -0.05) is 60.2 Å². The molecular weight excluding hydrogens is 426 g/mol. The third-order valence-corrected chi connectivity index (χ3v) is 6.67. The molecule has 178 valence electrons. The van der Waals surface area contributed by atoms with Crippen molar-refractivity contribution in [3.8, 4) is 5.75 Å².